The van der Waals surface area contributed by atoms with Gasteiger partial charge in [-0.2, -0.15) is 0 Å². The van der Waals surface area contributed by atoms with Gasteiger partial charge in [0.15, 0.2) is 5.78 Å². The van der Waals surface area contributed by atoms with Crippen molar-refractivity contribution in [1.82, 2.24) is 9.88 Å². The van der Waals surface area contributed by atoms with Crippen LogP contribution in [0.5, 0.6) is 0 Å². The molecule has 1 aliphatic carbocycles. The van der Waals surface area contributed by atoms with E-state index in [9.17, 15) is 14.4 Å². The average molecular weight is 378 g/mol. The summed E-state index contributed by atoms with van der Waals surface area (Å²) >= 11 is 0. The zero-order chi connectivity index (χ0) is 19.7. The van der Waals surface area contributed by atoms with Gasteiger partial charge in [0.1, 0.15) is 5.92 Å². The molecule has 0 spiro atoms. The van der Waals surface area contributed by atoms with Crippen molar-refractivity contribution in [1.29, 1.82) is 0 Å². The molecule has 3 aromatic rings. The molecule has 1 aromatic heterocycles. The summed E-state index contributed by atoms with van der Waals surface area (Å²) in [5, 5.41) is 2.00. The monoisotopic (exact) mass is 378 g/mol. The second kappa shape index (κ2) is 5.58. The number of nitrogens with zero attached hydrogens (tertiary/aromatic N) is 2. The first-order valence-electron chi connectivity index (χ1n) is 9.45. The first kappa shape index (κ1) is 16.1. The van der Waals surface area contributed by atoms with Gasteiger partial charge < -0.3 is 0 Å². The number of amides is 1. The van der Waals surface area contributed by atoms with Crippen LogP contribution in [0.15, 0.2) is 66.4 Å². The van der Waals surface area contributed by atoms with Crippen molar-refractivity contribution in [3.63, 3.8) is 0 Å². The normalized spacial score (nSPS) is 20.3. The Bertz CT molecular complexity index is 1390. The van der Waals surface area contributed by atoms with Crippen LogP contribution in [0, 0.1) is 5.92 Å². The number of allylic oxidation sites excluding steroid dienone is 3. The fourth-order valence-electron chi connectivity index (χ4n) is 4.51. The highest BCUT2D eigenvalue weighted by Gasteiger charge is 2.45. The van der Waals surface area contributed by atoms with Gasteiger partial charge >= 0.3 is 0 Å². The second-order valence-corrected chi connectivity index (χ2v) is 7.44. The van der Waals surface area contributed by atoms with E-state index in [1.807, 2.05) is 48.6 Å². The molecule has 2 aliphatic heterocycles. The van der Waals surface area contributed by atoms with E-state index in [-0.39, 0.29) is 12.2 Å². The minimum absolute atomic E-state index is 0.177. The molecule has 3 aliphatic rings. The largest absolute Gasteiger partial charge is 0.299 e. The third-order valence-electron chi connectivity index (χ3n) is 5.84. The molecule has 6 rings (SSSR count). The molecule has 0 fully saturated rings. The van der Waals surface area contributed by atoms with Gasteiger partial charge in [0.25, 0.3) is 5.91 Å². The number of ketones is 2. The molecule has 5 nitrogen and oxygen atoms in total. The fraction of sp³-hybridized carbons (Fsp3) is 0.0833. The Morgan fingerprint density at radius 3 is 2.72 bits per heavy atom. The highest BCUT2D eigenvalue weighted by Crippen LogP contribution is 2.42. The van der Waals surface area contributed by atoms with Crippen molar-refractivity contribution >= 4 is 51.1 Å². The summed E-state index contributed by atoms with van der Waals surface area (Å²) in [5.41, 5.74) is 4.77. The minimum Gasteiger partial charge on any atom is -0.298 e. The van der Waals surface area contributed by atoms with Crippen LogP contribution in [-0.4, -0.2) is 27.4 Å². The lowest BCUT2D eigenvalue weighted by Gasteiger charge is -2.36. The second-order valence-electron chi connectivity index (χ2n) is 7.44. The SMILES string of the molecule is O=C1CC=CC2=C3c4ccc5nc6ccccc6cc5c4C=CN3C(=O)C(=O)C12. The molecule has 1 atom stereocenters. The number of Topliss-reactive ketones (excluding diaryl/α,β-unsaturated/α-hetero) is 2. The number of carbonyl (C=O) groups is 3. The van der Waals surface area contributed by atoms with Crippen molar-refractivity contribution < 1.29 is 14.4 Å². The van der Waals surface area contributed by atoms with Crippen molar-refractivity contribution in [2.45, 2.75) is 6.42 Å². The lowest BCUT2D eigenvalue weighted by molar-refractivity contribution is -0.146. The topological polar surface area (TPSA) is 67.3 Å². The van der Waals surface area contributed by atoms with Crippen molar-refractivity contribution in [2.24, 2.45) is 5.92 Å². The Morgan fingerprint density at radius 2 is 1.83 bits per heavy atom. The molecule has 1 amide bonds. The van der Waals surface area contributed by atoms with Crippen LogP contribution in [0.4, 0.5) is 0 Å². The zero-order valence-electron chi connectivity index (χ0n) is 15.3. The lowest BCUT2D eigenvalue weighted by atomic mass is 9.77. The van der Waals surface area contributed by atoms with Gasteiger partial charge in [0.05, 0.1) is 16.7 Å². The molecule has 2 aromatic carbocycles. The molecule has 0 bridgehead atoms. The summed E-state index contributed by atoms with van der Waals surface area (Å²) in [6.45, 7) is 0. The molecule has 0 saturated heterocycles. The summed E-state index contributed by atoms with van der Waals surface area (Å²) in [4.78, 5) is 43.8. The van der Waals surface area contributed by atoms with Gasteiger partial charge in [-0.05, 0) is 35.4 Å². The van der Waals surface area contributed by atoms with E-state index in [0.717, 1.165) is 32.9 Å². The molecule has 0 saturated carbocycles. The molecule has 0 radical (unpaired) electrons. The maximum absolute atomic E-state index is 12.7. The summed E-state index contributed by atoms with van der Waals surface area (Å²) in [6, 6.07) is 13.9. The predicted octanol–water partition coefficient (Wildman–Crippen LogP) is 3.64. The minimum atomic E-state index is -0.997. The van der Waals surface area contributed by atoms with Crippen molar-refractivity contribution in [3.05, 3.63) is 77.5 Å². The number of hydrogen-bond acceptors (Lipinski definition) is 4. The van der Waals surface area contributed by atoms with E-state index in [1.165, 1.54) is 4.90 Å². The summed E-state index contributed by atoms with van der Waals surface area (Å²) in [7, 11) is 0. The Kier molecular flexibility index (Phi) is 3.10. The number of hydrogen-bond donors (Lipinski definition) is 0. The fourth-order valence-corrected chi connectivity index (χ4v) is 4.51. The Balaban J connectivity index is 1.69. The molecule has 3 heterocycles. The van der Waals surface area contributed by atoms with E-state index < -0.39 is 17.6 Å². The van der Waals surface area contributed by atoms with Crippen LogP contribution in [0.25, 0.3) is 33.6 Å². The molecule has 5 heteroatoms. The molecule has 0 N–H and O–H groups in total. The molecule has 138 valence electrons. The number of rotatable bonds is 0. The van der Waals surface area contributed by atoms with Gasteiger partial charge in [-0.1, -0.05) is 36.4 Å². The van der Waals surface area contributed by atoms with Crippen LogP contribution in [0.3, 0.4) is 0 Å². The van der Waals surface area contributed by atoms with Crippen LogP contribution >= 0.6 is 0 Å². The van der Waals surface area contributed by atoms with Crippen LogP contribution in [0.1, 0.15) is 17.5 Å². The van der Waals surface area contributed by atoms with Gasteiger partial charge in [0, 0.05) is 29.0 Å². The summed E-state index contributed by atoms with van der Waals surface area (Å²) in [5.74, 6) is -2.53. The van der Waals surface area contributed by atoms with E-state index in [4.69, 9.17) is 4.98 Å². The van der Waals surface area contributed by atoms with Crippen molar-refractivity contribution in [2.75, 3.05) is 0 Å². The molecule has 1 unspecified atom stereocenters. The first-order valence-corrected chi connectivity index (χ1v) is 9.45. The molecular formula is C24H14N2O3. The predicted molar refractivity (Wildman–Crippen MR) is 109 cm³/mol. The summed E-state index contributed by atoms with van der Waals surface area (Å²) < 4.78 is 0. The standard InChI is InChI=1S/C24H14N2O3/c27-20-7-3-5-16-21(20)23(28)24(29)26-11-10-14-15(22(16)26)8-9-19-17(14)12-13-4-1-2-6-18(13)25-19/h1-6,8-12,21H,7H2. The van der Waals surface area contributed by atoms with Crippen molar-refractivity contribution in [3.8, 4) is 0 Å². The number of fused-ring (bicyclic) bond motifs is 7. The number of pyridine rings is 1. The Hall–Kier alpha value is -3.86. The van der Waals surface area contributed by atoms with Crippen LogP contribution in [0.2, 0.25) is 0 Å². The number of benzene rings is 2. The third kappa shape index (κ3) is 2.10. The van der Waals surface area contributed by atoms with E-state index in [0.29, 0.717) is 11.3 Å². The maximum Gasteiger partial charge on any atom is 0.299 e. The number of aromatic nitrogens is 1. The highest BCUT2D eigenvalue weighted by atomic mass is 16.2. The van der Waals surface area contributed by atoms with Gasteiger partial charge in [-0.15, -0.1) is 0 Å². The quantitative estimate of drug-likeness (QED) is 0.340. The Morgan fingerprint density at radius 1 is 0.966 bits per heavy atom. The van der Waals surface area contributed by atoms with Gasteiger partial charge in [-0.3, -0.25) is 19.3 Å². The number of para-hydroxylation sites is 1. The number of carbonyl (C=O) groups excluding carboxylic acids is 3. The van der Waals surface area contributed by atoms with Gasteiger partial charge in [-0.25, -0.2) is 4.98 Å². The van der Waals surface area contributed by atoms with Gasteiger partial charge in [0.2, 0.25) is 5.78 Å². The lowest BCUT2D eigenvalue weighted by Crippen LogP contribution is -2.45. The summed E-state index contributed by atoms with van der Waals surface area (Å²) in [6.07, 6.45) is 7.22. The first-order chi connectivity index (χ1) is 14.1. The smallest absolute Gasteiger partial charge is 0.298 e. The maximum atomic E-state index is 12.7. The molecular weight excluding hydrogens is 364 g/mol. The third-order valence-corrected chi connectivity index (χ3v) is 5.84. The Labute approximate surface area is 165 Å². The van der Waals surface area contributed by atoms with Crippen LogP contribution < -0.4 is 0 Å². The highest BCUT2D eigenvalue weighted by molar-refractivity contribution is 6.45. The van der Waals surface area contributed by atoms with E-state index in [2.05, 4.69) is 6.07 Å². The van der Waals surface area contributed by atoms with E-state index >= 15 is 0 Å². The average Bonchev–Trinajstić information content (AvgIpc) is 2.75. The van der Waals surface area contributed by atoms with E-state index in [1.54, 1.807) is 12.3 Å². The van der Waals surface area contributed by atoms with Crippen LogP contribution in [-0.2, 0) is 14.4 Å². The molecule has 29 heavy (non-hydrogen) atoms. The zero-order valence-corrected chi connectivity index (χ0v) is 15.3.